The molecule has 33 heavy (non-hydrogen) atoms. The fraction of sp³-hybridized carbons (Fsp3) is 0.259. The lowest BCUT2D eigenvalue weighted by Gasteiger charge is -2.20. The van der Waals surface area contributed by atoms with Crippen molar-refractivity contribution in [2.24, 2.45) is 0 Å². The van der Waals surface area contributed by atoms with E-state index in [-0.39, 0.29) is 17.4 Å². The van der Waals surface area contributed by atoms with Crippen molar-refractivity contribution in [3.63, 3.8) is 0 Å². The standard InChI is InChI=1S/C27H27NO5/c1-16(29)28-22-12-10-18-14-24(31-2)26(32-3)27(33-4)25(18)19-11-13-23(30)20(15-21(19)22)17-8-6-5-7-9-17/h5-9,11,13-15,22H,10,12H2,1-4H3,(H,28,29)/t22-/m0/s1. The van der Waals surface area contributed by atoms with Crippen LogP contribution in [0.5, 0.6) is 17.2 Å². The Kier molecular flexibility index (Phi) is 6.36. The van der Waals surface area contributed by atoms with E-state index in [2.05, 4.69) is 5.32 Å². The van der Waals surface area contributed by atoms with Crippen LogP contribution < -0.4 is 25.0 Å². The first-order valence-electron chi connectivity index (χ1n) is 10.8. The number of carbonyl (C=O) groups excluding carboxylic acids is 1. The van der Waals surface area contributed by atoms with E-state index in [1.54, 1.807) is 27.4 Å². The lowest BCUT2D eigenvalue weighted by molar-refractivity contribution is -0.119. The molecule has 6 nitrogen and oxygen atoms in total. The Morgan fingerprint density at radius 3 is 2.27 bits per heavy atom. The van der Waals surface area contributed by atoms with Crippen molar-refractivity contribution in [2.75, 3.05) is 21.3 Å². The summed E-state index contributed by atoms with van der Waals surface area (Å²) in [6, 6.07) is 16.5. The molecule has 4 rings (SSSR count). The maximum atomic E-state index is 13.1. The van der Waals surface area contributed by atoms with Crippen molar-refractivity contribution in [1.82, 2.24) is 5.32 Å². The predicted molar refractivity (Wildman–Crippen MR) is 128 cm³/mol. The number of carbonyl (C=O) groups is 1. The van der Waals surface area contributed by atoms with E-state index in [1.165, 1.54) is 6.92 Å². The van der Waals surface area contributed by atoms with Gasteiger partial charge in [0.05, 0.1) is 27.4 Å². The van der Waals surface area contributed by atoms with Gasteiger partial charge in [0.15, 0.2) is 16.9 Å². The Balaban J connectivity index is 2.09. The topological polar surface area (TPSA) is 73.9 Å². The number of nitrogens with one attached hydrogen (secondary N) is 1. The summed E-state index contributed by atoms with van der Waals surface area (Å²) < 4.78 is 17.0. The van der Waals surface area contributed by atoms with Gasteiger partial charge < -0.3 is 19.5 Å². The van der Waals surface area contributed by atoms with Crippen LogP contribution in [-0.4, -0.2) is 27.2 Å². The normalized spacial score (nSPS) is 14.4. The molecule has 3 aromatic carbocycles. The smallest absolute Gasteiger partial charge is 0.217 e. The number of aryl methyl sites for hydroxylation is 1. The van der Waals surface area contributed by atoms with Crippen LogP contribution in [0.3, 0.4) is 0 Å². The molecule has 1 atom stereocenters. The van der Waals surface area contributed by atoms with Gasteiger partial charge in [0, 0.05) is 18.1 Å². The molecule has 0 saturated heterocycles. The van der Waals surface area contributed by atoms with Gasteiger partial charge in [0.25, 0.3) is 0 Å². The number of ether oxygens (including phenoxy) is 3. The number of fused-ring (bicyclic) bond motifs is 3. The first-order chi connectivity index (χ1) is 16.0. The van der Waals surface area contributed by atoms with Crippen LogP contribution in [-0.2, 0) is 11.2 Å². The minimum Gasteiger partial charge on any atom is -0.493 e. The van der Waals surface area contributed by atoms with E-state index in [9.17, 15) is 9.59 Å². The molecule has 0 heterocycles. The summed E-state index contributed by atoms with van der Waals surface area (Å²) in [5.41, 5.74) is 4.82. The summed E-state index contributed by atoms with van der Waals surface area (Å²) in [5, 5.41) is 3.08. The monoisotopic (exact) mass is 445 g/mol. The molecule has 0 aromatic heterocycles. The average Bonchev–Trinajstić information content (AvgIpc) is 3.07. The molecule has 1 aliphatic rings. The zero-order valence-electron chi connectivity index (χ0n) is 19.2. The highest BCUT2D eigenvalue weighted by Crippen LogP contribution is 2.50. The number of hydrogen-bond donors (Lipinski definition) is 1. The van der Waals surface area contributed by atoms with Crippen molar-refractivity contribution in [3.8, 4) is 39.5 Å². The van der Waals surface area contributed by atoms with Crippen molar-refractivity contribution in [3.05, 3.63) is 75.9 Å². The van der Waals surface area contributed by atoms with Crippen LogP contribution in [0, 0.1) is 0 Å². The van der Waals surface area contributed by atoms with Gasteiger partial charge in [-0.2, -0.15) is 0 Å². The van der Waals surface area contributed by atoms with Crippen LogP contribution in [0.25, 0.3) is 22.3 Å². The molecular weight excluding hydrogens is 418 g/mol. The molecule has 0 aliphatic heterocycles. The Labute approximate surface area is 193 Å². The number of amides is 1. The molecule has 0 radical (unpaired) electrons. The predicted octanol–water partition coefficient (Wildman–Crippen LogP) is 4.53. The molecule has 1 N–H and O–H groups in total. The molecule has 3 aromatic rings. The largest absolute Gasteiger partial charge is 0.493 e. The van der Waals surface area contributed by atoms with E-state index >= 15 is 0 Å². The fourth-order valence-electron chi connectivity index (χ4n) is 4.56. The summed E-state index contributed by atoms with van der Waals surface area (Å²) in [5.74, 6) is 1.47. The average molecular weight is 446 g/mol. The summed E-state index contributed by atoms with van der Waals surface area (Å²) in [6.45, 7) is 1.50. The van der Waals surface area contributed by atoms with E-state index in [4.69, 9.17) is 14.2 Å². The van der Waals surface area contributed by atoms with E-state index < -0.39 is 0 Å². The highest BCUT2D eigenvalue weighted by molar-refractivity contribution is 5.84. The van der Waals surface area contributed by atoms with Crippen molar-refractivity contribution < 1.29 is 19.0 Å². The number of hydrogen-bond acceptors (Lipinski definition) is 5. The number of rotatable bonds is 5. The molecule has 0 unspecified atom stereocenters. The van der Waals surface area contributed by atoms with Gasteiger partial charge >= 0.3 is 0 Å². The lowest BCUT2D eigenvalue weighted by atomic mass is 9.94. The van der Waals surface area contributed by atoms with Crippen LogP contribution in [0.2, 0.25) is 0 Å². The first kappa shape index (κ1) is 22.4. The van der Waals surface area contributed by atoms with Gasteiger partial charge in [-0.05, 0) is 59.4 Å². The van der Waals surface area contributed by atoms with Gasteiger partial charge in [-0.1, -0.05) is 30.3 Å². The SMILES string of the molecule is COc1cc2c(c(OC)c1OC)-c1ccc(=O)c(-c3ccccc3)cc1[C@@H](NC(C)=O)CC2. The fourth-order valence-corrected chi connectivity index (χ4v) is 4.56. The van der Waals surface area contributed by atoms with Crippen molar-refractivity contribution in [2.45, 2.75) is 25.8 Å². The molecule has 0 saturated carbocycles. The van der Waals surface area contributed by atoms with Gasteiger partial charge in [0.1, 0.15) is 0 Å². The van der Waals surface area contributed by atoms with E-state index in [0.29, 0.717) is 35.7 Å². The van der Waals surface area contributed by atoms with Crippen LogP contribution in [0.15, 0.2) is 59.4 Å². The Hall–Kier alpha value is -3.80. The molecule has 170 valence electrons. The highest BCUT2D eigenvalue weighted by Gasteiger charge is 2.29. The van der Waals surface area contributed by atoms with Crippen LogP contribution >= 0.6 is 0 Å². The van der Waals surface area contributed by atoms with Gasteiger partial charge in [0.2, 0.25) is 11.7 Å². The second kappa shape index (κ2) is 9.36. The molecule has 1 aliphatic carbocycles. The minimum atomic E-state index is -0.277. The van der Waals surface area contributed by atoms with Gasteiger partial charge in [-0.3, -0.25) is 9.59 Å². The van der Waals surface area contributed by atoms with Crippen LogP contribution in [0.1, 0.15) is 30.5 Å². The molecule has 0 spiro atoms. The molecule has 0 fully saturated rings. The third-order valence-electron chi connectivity index (χ3n) is 6.00. The second-order valence-electron chi connectivity index (χ2n) is 7.96. The lowest BCUT2D eigenvalue weighted by Crippen LogP contribution is -2.26. The van der Waals surface area contributed by atoms with E-state index in [0.717, 1.165) is 27.8 Å². The van der Waals surface area contributed by atoms with Gasteiger partial charge in [-0.15, -0.1) is 0 Å². The maximum absolute atomic E-state index is 13.1. The zero-order valence-corrected chi connectivity index (χ0v) is 19.2. The molecule has 1 amide bonds. The van der Waals surface area contributed by atoms with Crippen molar-refractivity contribution >= 4 is 5.91 Å². The maximum Gasteiger partial charge on any atom is 0.217 e. The molecule has 0 bridgehead atoms. The Morgan fingerprint density at radius 2 is 1.64 bits per heavy atom. The summed E-state index contributed by atoms with van der Waals surface area (Å²) in [7, 11) is 4.74. The van der Waals surface area contributed by atoms with Gasteiger partial charge in [-0.25, -0.2) is 0 Å². The minimum absolute atomic E-state index is 0.100. The zero-order chi connectivity index (χ0) is 23.5. The number of methoxy groups -OCH3 is 3. The first-order valence-corrected chi connectivity index (χ1v) is 10.8. The Bertz CT molecular complexity index is 1250. The quantitative estimate of drug-likeness (QED) is 0.625. The van der Waals surface area contributed by atoms with Crippen molar-refractivity contribution in [1.29, 1.82) is 0 Å². The summed E-state index contributed by atoms with van der Waals surface area (Å²) >= 11 is 0. The summed E-state index contributed by atoms with van der Waals surface area (Å²) in [4.78, 5) is 25.2. The van der Waals surface area contributed by atoms with E-state index in [1.807, 2.05) is 48.5 Å². The second-order valence-corrected chi connectivity index (χ2v) is 7.96. The third-order valence-corrected chi connectivity index (χ3v) is 6.00. The molecular formula is C27H27NO5. The Morgan fingerprint density at radius 1 is 0.909 bits per heavy atom. The highest BCUT2D eigenvalue weighted by atomic mass is 16.5. The van der Waals surface area contributed by atoms with Crippen LogP contribution in [0.4, 0.5) is 0 Å². The molecule has 6 heteroatoms. The third kappa shape index (κ3) is 4.16. The summed E-state index contributed by atoms with van der Waals surface area (Å²) in [6.07, 6.45) is 1.34. The number of benzene rings is 2.